The molecule has 0 radical (unpaired) electrons. The van der Waals surface area contributed by atoms with Crippen molar-refractivity contribution in [3.05, 3.63) is 41.7 Å². The van der Waals surface area contributed by atoms with Crippen molar-refractivity contribution in [3.63, 3.8) is 0 Å². The van der Waals surface area contributed by atoms with Crippen LogP contribution in [0.25, 0.3) is 5.69 Å². The van der Waals surface area contributed by atoms with E-state index < -0.39 is 17.8 Å². The van der Waals surface area contributed by atoms with Crippen molar-refractivity contribution in [3.8, 4) is 11.4 Å². The summed E-state index contributed by atoms with van der Waals surface area (Å²) in [7, 11) is 1.43. The summed E-state index contributed by atoms with van der Waals surface area (Å²) in [6.07, 6.45) is -3.74. The van der Waals surface area contributed by atoms with Crippen LogP contribution in [0.2, 0.25) is 0 Å². The van der Waals surface area contributed by atoms with Gasteiger partial charge in [0.2, 0.25) is 0 Å². The van der Waals surface area contributed by atoms with Gasteiger partial charge in [-0.2, -0.15) is 18.3 Å². The first kappa shape index (κ1) is 14.4. The van der Waals surface area contributed by atoms with Crippen LogP contribution in [-0.4, -0.2) is 22.0 Å². The summed E-state index contributed by atoms with van der Waals surface area (Å²) in [5.41, 5.74) is -0.126. The number of aliphatic hydroxyl groups excluding tert-OH is 1. The van der Waals surface area contributed by atoms with E-state index in [1.807, 2.05) is 0 Å². The van der Waals surface area contributed by atoms with E-state index in [0.717, 1.165) is 17.1 Å². The lowest BCUT2D eigenvalue weighted by atomic mass is 10.1. The quantitative estimate of drug-likeness (QED) is 0.943. The van der Waals surface area contributed by atoms with Gasteiger partial charge in [-0.25, -0.2) is 4.68 Å². The van der Waals surface area contributed by atoms with Crippen LogP contribution in [-0.2, 0) is 6.18 Å². The third kappa shape index (κ3) is 2.62. The molecule has 108 valence electrons. The van der Waals surface area contributed by atoms with E-state index >= 15 is 0 Å². The second kappa shape index (κ2) is 5.16. The van der Waals surface area contributed by atoms with Crippen molar-refractivity contribution in [1.82, 2.24) is 9.78 Å². The average molecular weight is 286 g/mol. The molecule has 1 N–H and O–H groups in total. The van der Waals surface area contributed by atoms with Gasteiger partial charge in [0.05, 0.1) is 30.7 Å². The standard InChI is InChI=1S/C13H13F3N2O2/c1-8(19)12-10(4-3-5-11(12)20-2)18-7-9(6-17-18)13(14,15)16/h3-8,19H,1-2H3/t8-/m1/s1. The zero-order chi connectivity index (χ0) is 14.9. The van der Waals surface area contributed by atoms with Gasteiger partial charge in [0.25, 0.3) is 0 Å². The lowest BCUT2D eigenvalue weighted by Crippen LogP contribution is -2.06. The minimum atomic E-state index is -4.46. The largest absolute Gasteiger partial charge is 0.496 e. The number of hydrogen-bond acceptors (Lipinski definition) is 3. The number of benzene rings is 1. The Labute approximate surface area is 113 Å². The molecule has 0 amide bonds. The van der Waals surface area contributed by atoms with E-state index in [2.05, 4.69) is 5.10 Å². The van der Waals surface area contributed by atoms with Gasteiger partial charge in [-0.05, 0) is 19.1 Å². The third-order valence-electron chi connectivity index (χ3n) is 2.84. The summed E-state index contributed by atoms with van der Waals surface area (Å²) < 4.78 is 44.0. The normalized spacial score (nSPS) is 13.3. The Balaban J connectivity index is 2.55. The Kier molecular flexibility index (Phi) is 3.71. The van der Waals surface area contributed by atoms with Crippen LogP contribution in [0.15, 0.2) is 30.6 Å². The number of halogens is 3. The summed E-state index contributed by atoms with van der Waals surface area (Å²) in [6.45, 7) is 1.51. The molecule has 20 heavy (non-hydrogen) atoms. The van der Waals surface area contributed by atoms with Gasteiger partial charge < -0.3 is 9.84 Å². The summed E-state index contributed by atoms with van der Waals surface area (Å²) in [5.74, 6) is 0.390. The van der Waals surface area contributed by atoms with Crippen LogP contribution < -0.4 is 4.74 Å². The van der Waals surface area contributed by atoms with Gasteiger partial charge in [-0.15, -0.1) is 0 Å². The molecule has 1 heterocycles. The maximum absolute atomic E-state index is 12.6. The van der Waals surface area contributed by atoms with Crippen LogP contribution in [0.5, 0.6) is 5.75 Å². The Morgan fingerprint density at radius 3 is 2.55 bits per heavy atom. The third-order valence-corrected chi connectivity index (χ3v) is 2.84. The van der Waals surface area contributed by atoms with E-state index in [0.29, 0.717) is 17.0 Å². The van der Waals surface area contributed by atoms with Crippen LogP contribution >= 0.6 is 0 Å². The average Bonchev–Trinajstić information content (AvgIpc) is 2.86. The van der Waals surface area contributed by atoms with Gasteiger partial charge in [0.15, 0.2) is 0 Å². The maximum Gasteiger partial charge on any atom is 0.419 e. The molecule has 0 saturated carbocycles. The number of nitrogens with zero attached hydrogens (tertiary/aromatic N) is 2. The highest BCUT2D eigenvalue weighted by Crippen LogP contribution is 2.33. The fraction of sp³-hybridized carbons (Fsp3) is 0.308. The molecule has 1 atom stereocenters. The summed E-state index contributed by atoms with van der Waals surface area (Å²) in [4.78, 5) is 0. The molecule has 7 heteroatoms. The summed E-state index contributed by atoms with van der Waals surface area (Å²) in [5, 5.41) is 13.5. The molecule has 0 aliphatic heterocycles. The monoisotopic (exact) mass is 286 g/mol. The van der Waals surface area contributed by atoms with Crippen LogP contribution in [0.1, 0.15) is 24.2 Å². The van der Waals surface area contributed by atoms with Crippen LogP contribution in [0.4, 0.5) is 13.2 Å². The highest BCUT2D eigenvalue weighted by Gasteiger charge is 2.32. The van der Waals surface area contributed by atoms with E-state index in [4.69, 9.17) is 4.74 Å². The van der Waals surface area contributed by atoms with E-state index in [-0.39, 0.29) is 0 Å². The van der Waals surface area contributed by atoms with Crippen LogP contribution in [0.3, 0.4) is 0 Å². The number of rotatable bonds is 3. The zero-order valence-electron chi connectivity index (χ0n) is 10.8. The molecule has 1 aromatic carbocycles. The molecule has 4 nitrogen and oxygen atoms in total. The Bertz CT molecular complexity index is 606. The predicted molar refractivity (Wildman–Crippen MR) is 65.8 cm³/mol. The Morgan fingerprint density at radius 2 is 2.05 bits per heavy atom. The van der Waals surface area contributed by atoms with E-state index in [1.54, 1.807) is 18.2 Å². The number of methoxy groups -OCH3 is 1. The Hall–Kier alpha value is -2.02. The van der Waals surface area contributed by atoms with Crippen molar-refractivity contribution in [2.45, 2.75) is 19.2 Å². The highest BCUT2D eigenvalue weighted by atomic mass is 19.4. The fourth-order valence-corrected chi connectivity index (χ4v) is 1.93. The van der Waals surface area contributed by atoms with Crippen molar-refractivity contribution in [2.75, 3.05) is 7.11 Å². The highest BCUT2D eigenvalue weighted by molar-refractivity contribution is 5.50. The second-order valence-corrected chi connectivity index (χ2v) is 4.24. The number of alkyl halides is 3. The number of ether oxygens (including phenoxy) is 1. The predicted octanol–water partition coefficient (Wildman–Crippen LogP) is 2.95. The van der Waals surface area contributed by atoms with Crippen molar-refractivity contribution >= 4 is 0 Å². The molecular formula is C13H13F3N2O2. The molecule has 2 rings (SSSR count). The van der Waals surface area contributed by atoms with Gasteiger partial charge in [-0.3, -0.25) is 0 Å². The minimum absolute atomic E-state index is 0.342. The molecule has 0 aliphatic rings. The first-order valence-electron chi connectivity index (χ1n) is 5.81. The minimum Gasteiger partial charge on any atom is -0.496 e. The summed E-state index contributed by atoms with van der Waals surface area (Å²) in [6, 6.07) is 4.81. The van der Waals surface area contributed by atoms with Crippen molar-refractivity contribution in [1.29, 1.82) is 0 Å². The molecule has 0 bridgehead atoms. The van der Waals surface area contributed by atoms with Gasteiger partial charge in [0, 0.05) is 11.8 Å². The molecule has 0 saturated heterocycles. The number of aromatic nitrogens is 2. The van der Waals surface area contributed by atoms with Crippen molar-refractivity contribution < 1.29 is 23.0 Å². The lowest BCUT2D eigenvalue weighted by molar-refractivity contribution is -0.137. The van der Waals surface area contributed by atoms with Crippen molar-refractivity contribution in [2.24, 2.45) is 0 Å². The smallest absolute Gasteiger partial charge is 0.419 e. The van der Waals surface area contributed by atoms with Gasteiger partial charge in [-0.1, -0.05) is 6.07 Å². The summed E-state index contributed by atoms with van der Waals surface area (Å²) >= 11 is 0. The first-order chi connectivity index (χ1) is 9.34. The number of hydrogen-bond donors (Lipinski definition) is 1. The molecule has 0 aliphatic carbocycles. The zero-order valence-corrected chi connectivity index (χ0v) is 10.8. The fourth-order valence-electron chi connectivity index (χ4n) is 1.93. The molecule has 1 aromatic heterocycles. The number of aliphatic hydroxyl groups is 1. The van der Waals surface area contributed by atoms with Gasteiger partial charge >= 0.3 is 6.18 Å². The van der Waals surface area contributed by atoms with E-state index in [1.165, 1.54) is 14.0 Å². The van der Waals surface area contributed by atoms with Gasteiger partial charge in [0.1, 0.15) is 5.75 Å². The van der Waals surface area contributed by atoms with Crippen LogP contribution in [0, 0.1) is 0 Å². The molecule has 0 fully saturated rings. The first-order valence-corrected chi connectivity index (χ1v) is 5.81. The molecular weight excluding hydrogens is 273 g/mol. The molecule has 2 aromatic rings. The molecule has 0 spiro atoms. The van der Waals surface area contributed by atoms with E-state index in [9.17, 15) is 18.3 Å². The lowest BCUT2D eigenvalue weighted by Gasteiger charge is -2.15. The topological polar surface area (TPSA) is 47.3 Å². The molecule has 0 unspecified atom stereocenters. The Morgan fingerprint density at radius 1 is 1.35 bits per heavy atom. The second-order valence-electron chi connectivity index (χ2n) is 4.24. The SMILES string of the molecule is COc1cccc(-n2cc(C(F)(F)F)cn2)c1[C@@H](C)O. The maximum atomic E-state index is 12.6.